The molecule has 0 fully saturated rings. The molecule has 112 valence electrons. The van der Waals surface area contributed by atoms with Crippen LogP contribution < -0.4 is 4.74 Å². The van der Waals surface area contributed by atoms with E-state index in [9.17, 15) is 0 Å². The lowest BCUT2D eigenvalue weighted by molar-refractivity contribution is 0.0180. The first kappa shape index (κ1) is 16.9. The minimum absolute atomic E-state index is 0.308. The number of rotatable bonds is 10. The van der Waals surface area contributed by atoms with Gasteiger partial charge in [0.05, 0.1) is 44.2 Å². The molecule has 1 aromatic rings. The molecule has 6 heteroatoms. The van der Waals surface area contributed by atoms with E-state index in [1.54, 1.807) is 25.3 Å². The standard InChI is InChI=1S/C15H18N2O4/c1-18-4-5-19-6-7-20-8-9-21-15-3-2-13(11-16)14(10-15)12-17/h2-3,10H,4-9H2,1H3. The van der Waals surface area contributed by atoms with Crippen LogP contribution in [0.5, 0.6) is 5.75 Å². The molecule has 0 aliphatic carbocycles. The van der Waals surface area contributed by atoms with Crippen molar-refractivity contribution < 1.29 is 18.9 Å². The molecular formula is C15H18N2O4. The van der Waals surface area contributed by atoms with Crippen molar-refractivity contribution >= 4 is 0 Å². The Bertz CT molecular complexity index is 505. The Morgan fingerprint density at radius 3 is 2.10 bits per heavy atom. The SMILES string of the molecule is COCCOCCOCCOc1ccc(C#N)c(C#N)c1. The van der Waals surface area contributed by atoms with Crippen LogP contribution in [0, 0.1) is 22.7 Å². The molecule has 0 aliphatic heterocycles. The number of hydrogen-bond donors (Lipinski definition) is 0. The number of nitriles is 2. The van der Waals surface area contributed by atoms with Gasteiger partial charge in [-0.05, 0) is 18.2 Å². The molecule has 0 N–H and O–H groups in total. The van der Waals surface area contributed by atoms with Crippen LogP contribution in [0.2, 0.25) is 0 Å². The Labute approximate surface area is 124 Å². The highest BCUT2D eigenvalue weighted by Crippen LogP contribution is 2.16. The molecule has 0 atom stereocenters. The van der Waals surface area contributed by atoms with Gasteiger partial charge >= 0.3 is 0 Å². The van der Waals surface area contributed by atoms with E-state index in [1.165, 1.54) is 0 Å². The molecule has 1 rings (SSSR count). The molecule has 0 aliphatic rings. The van der Waals surface area contributed by atoms with Gasteiger partial charge in [0.2, 0.25) is 0 Å². The molecule has 0 radical (unpaired) electrons. The topological polar surface area (TPSA) is 84.5 Å². The Kier molecular flexibility index (Phi) is 8.58. The highest BCUT2D eigenvalue weighted by Gasteiger charge is 2.03. The lowest BCUT2D eigenvalue weighted by Gasteiger charge is -2.08. The van der Waals surface area contributed by atoms with Crippen molar-refractivity contribution in [1.29, 1.82) is 10.5 Å². The maximum absolute atomic E-state index is 8.90. The summed E-state index contributed by atoms with van der Waals surface area (Å²) in [5, 5.41) is 17.7. The van der Waals surface area contributed by atoms with E-state index in [4.69, 9.17) is 29.5 Å². The van der Waals surface area contributed by atoms with E-state index in [0.717, 1.165) is 0 Å². The van der Waals surface area contributed by atoms with E-state index in [0.29, 0.717) is 56.5 Å². The minimum Gasteiger partial charge on any atom is -0.491 e. The number of ether oxygens (including phenoxy) is 4. The quantitative estimate of drug-likeness (QED) is 0.607. The third kappa shape index (κ3) is 6.73. The van der Waals surface area contributed by atoms with Gasteiger partial charge in [-0.1, -0.05) is 0 Å². The van der Waals surface area contributed by atoms with E-state index >= 15 is 0 Å². The molecule has 6 nitrogen and oxygen atoms in total. The van der Waals surface area contributed by atoms with Gasteiger partial charge in [-0.2, -0.15) is 10.5 Å². The average molecular weight is 290 g/mol. The molecule has 0 saturated heterocycles. The van der Waals surface area contributed by atoms with Crippen LogP contribution in [0.25, 0.3) is 0 Å². The van der Waals surface area contributed by atoms with Gasteiger partial charge in [0.25, 0.3) is 0 Å². The second-order valence-electron chi connectivity index (χ2n) is 4.00. The lowest BCUT2D eigenvalue weighted by atomic mass is 10.1. The fourth-order valence-corrected chi connectivity index (χ4v) is 1.49. The minimum atomic E-state index is 0.308. The van der Waals surface area contributed by atoms with Gasteiger partial charge in [-0.15, -0.1) is 0 Å². The zero-order valence-electron chi connectivity index (χ0n) is 12.0. The molecule has 0 amide bonds. The zero-order valence-corrected chi connectivity index (χ0v) is 12.0. The Morgan fingerprint density at radius 2 is 1.48 bits per heavy atom. The van der Waals surface area contributed by atoms with Crippen LogP contribution in [0.4, 0.5) is 0 Å². The molecule has 0 aromatic heterocycles. The Hall–Kier alpha value is -2.12. The van der Waals surface area contributed by atoms with Gasteiger partial charge < -0.3 is 18.9 Å². The van der Waals surface area contributed by atoms with E-state index in [-0.39, 0.29) is 0 Å². The summed E-state index contributed by atoms with van der Waals surface area (Å²) in [5.41, 5.74) is 0.650. The second-order valence-corrected chi connectivity index (χ2v) is 4.00. The summed E-state index contributed by atoms with van der Waals surface area (Å²) < 4.78 is 20.9. The van der Waals surface area contributed by atoms with E-state index in [1.807, 2.05) is 12.1 Å². The monoisotopic (exact) mass is 290 g/mol. The summed E-state index contributed by atoms with van der Waals surface area (Å²) in [6.45, 7) is 2.93. The molecule has 0 unspecified atom stereocenters. The number of benzene rings is 1. The smallest absolute Gasteiger partial charge is 0.120 e. The normalized spacial score (nSPS) is 9.86. The van der Waals surface area contributed by atoms with Crippen LogP contribution in [-0.4, -0.2) is 46.8 Å². The van der Waals surface area contributed by atoms with E-state index in [2.05, 4.69) is 0 Å². The van der Waals surface area contributed by atoms with Gasteiger partial charge in [0.15, 0.2) is 0 Å². The van der Waals surface area contributed by atoms with Gasteiger partial charge in [-0.3, -0.25) is 0 Å². The largest absolute Gasteiger partial charge is 0.491 e. The summed E-state index contributed by atoms with van der Waals surface area (Å²) in [4.78, 5) is 0. The van der Waals surface area contributed by atoms with Crippen molar-refractivity contribution in [1.82, 2.24) is 0 Å². The number of hydrogen-bond acceptors (Lipinski definition) is 6. The molecular weight excluding hydrogens is 272 g/mol. The molecule has 21 heavy (non-hydrogen) atoms. The molecule has 0 heterocycles. The first-order valence-electron chi connectivity index (χ1n) is 6.53. The van der Waals surface area contributed by atoms with Crippen LogP contribution in [-0.2, 0) is 14.2 Å². The van der Waals surface area contributed by atoms with Crippen molar-refractivity contribution in [2.75, 3.05) is 46.8 Å². The molecule has 0 bridgehead atoms. The Morgan fingerprint density at radius 1 is 0.857 bits per heavy atom. The maximum atomic E-state index is 8.90. The van der Waals surface area contributed by atoms with E-state index < -0.39 is 0 Å². The summed E-state index contributed by atoms with van der Waals surface area (Å²) in [6.07, 6.45) is 0. The zero-order chi connectivity index (χ0) is 15.3. The molecule has 0 spiro atoms. The fraction of sp³-hybridized carbons (Fsp3) is 0.467. The summed E-state index contributed by atoms with van der Waals surface area (Å²) in [7, 11) is 1.62. The highest BCUT2D eigenvalue weighted by atomic mass is 16.6. The first-order chi connectivity index (χ1) is 10.3. The predicted molar refractivity (Wildman–Crippen MR) is 74.9 cm³/mol. The van der Waals surface area contributed by atoms with Gasteiger partial charge in [0, 0.05) is 7.11 Å². The van der Waals surface area contributed by atoms with Crippen molar-refractivity contribution in [3.8, 4) is 17.9 Å². The van der Waals surface area contributed by atoms with Crippen molar-refractivity contribution in [3.05, 3.63) is 29.3 Å². The summed E-state index contributed by atoms with van der Waals surface area (Å²) in [5.74, 6) is 0.547. The van der Waals surface area contributed by atoms with Crippen LogP contribution in [0.15, 0.2) is 18.2 Å². The summed E-state index contributed by atoms with van der Waals surface area (Å²) in [6, 6.07) is 8.69. The van der Waals surface area contributed by atoms with Crippen LogP contribution in [0.1, 0.15) is 11.1 Å². The Balaban J connectivity index is 2.16. The maximum Gasteiger partial charge on any atom is 0.120 e. The second kappa shape index (κ2) is 10.6. The van der Waals surface area contributed by atoms with Crippen LogP contribution >= 0.6 is 0 Å². The van der Waals surface area contributed by atoms with Crippen molar-refractivity contribution in [2.24, 2.45) is 0 Å². The van der Waals surface area contributed by atoms with Gasteiger partial charge in [0.1, 0.15) is 24.5 Å². The highest BCUT2D eigenvalue weighted by molar-refractivity contribution is 5.49. The number of methoxy groups -OCH3 is 1. The number of nitrogens with zero attached hydrogens (tertiary/aromatic N) is 2. The van der Waals surface area contributed by atoms with Crippen LogP contribution in [0.3, 0.4) is 0 Å². The third-order valence-electron chi connectivity index (χ3n) is 2.53. The van der Waals surface area contributed by atoms with Gasteiger partial charge in [-0.25, -0.2) is 0 Å². The first-order valence-corrected chi connectivity index (χ1v) is 6.53. The summed E-state index contributed by atoms with van der Waals surface area (Å²) >= 11 is 0. The molecule has 0 saturated carbocycles. The average Bonchev–Trinajstić information content (AvgIpc) is 2.53. The third-order valence-corrected chi connectivity index (χ3v) is 2.53. The fourth-order valence-electron chi connectivity index (χ4n) is 1.49. The lowest BCUT2D eigenvalue weighted by Crippen LogP contribution is -2.12. The van der Waals surface area contributed by atoms with Crippen molar-refractivity contribution in [3.63, 3.8) is 0 Å². The predicted octanol–water partition coefficient (Wildman–Crippen LogP) is 1.49. The molecule has 1 aromatic carbocycles. The van der Waals surface area contributed by atoms with Crippen molar-refractivity contribution in [2.45, 2.75) is 0 Å².